The van der Waals surface area contributed by atoms with Gasteiger partial charge in [-0.2, -0.15) is 0 Å². The Morgan fingerprint density at radius 2 is 2.19 bits per heavy atom. The van der Waals surface area contributed by atoms with Gasteiger partial charge in [-0.25, -0.2) is 0 Å². The van der Waals surface area contributed by atoms with E-state index in [0.717, 1.165) is 5.56 Å². The second-order valence-electron chi connectivity index (χ2n) is 3.39. The molecular formula is C10H10ClN3O2. The van der Waals surface area contributed by atoms with Crippen molar-refractivity contribution in [1.29, 1.82) is 0 Å². The zero-order valence-corrected chi connectivity index (χ0v) is 9.17. The molecule has 0 spiro atoms. The van der Waals surface area contributed by atoms with E-state index in [1.54, 1.807) is 12.1 Å². The normalized spacial score (nSPS) is 24.1. The first kappa shape index (κ1) is 11.2. The fourth-order valence-electron chi connectivity index (χ4n) is 1.47. The maximum Gasteiger partial charge on any atom is 0.184 e. The molecule has 2 unspecified atom stereocenters. The Kier molecular flexibility index (Phi) is 3.64. The molecule has 84 valence electrons. The minimum atomic E-state index is -0.392. The molecule has 2 atom stereocenters. The van der Waals surface area contributed by atoms with Crippen LogP contribution >= 0.6 is 11.6 Å². The van der Waals surface area contributed by atoms with Crippen molar-refractivity contribution in [3.05, 3.63) is 45.3 Å². The standard InChI is InChI=1S/C10H10ClN3O2/c11-8-3-1-7(2-4-8)10-15-6-9(16-10)5-13-14-12/h1-4,9-10H,5-6H2. The van der Waals surface area contributed by atoms with Crippen molar-refractivity contribution < 1.29 is 9.47 Å². The molecule has 1 aliphatic heterocycles. The first-order valence-electron chi connectivity index (χ1n) is 4.83. The average molecular weight is 240 g/mol. The molecule has 6 heteroatoms. The van der Waals surface area contributed by atoms with Crippen molar-refractivity contribution in [2.75, 3.05) is 13.2 Å². The average Bonchev–Trinajstić information content (AvgIpc) is 2.76. The Hall–Kier alpha value is -1.26. The van der Waals surface area contributed by atoms with Crippen molar-refractivity contribution in [2.45, 2.75) is 12.4 Å². The van der Waals surface area contributed by atoms with Gasteiger partial charge in [0.2, 0.25) is 0 Å². The maximum atomic E-state index is 8.19. The summed E-state index contributed by atoms with van der Waals surface area (Å²) in [4.78, 5) is 2.68. The van der Waals surface area contributed by atoms with Gasteiger partial charge >= 0.3 is 0 Å². The number of nitrogens with zero attached hydrogens (tertiary/aromatic N) is 3. The quantitative estimate of drug-likeness (QED) is 0.462. The number of rotatable bonds is 3. The number of azide groups is 1. The summed E-state index contributed by atoms with van der Waals surface area (Å²) in [7, 11) is 0. The maximum absolute atomic E-state index is 8.19. The Bertz CT molecular complexity index is 403. The fourth-order valence-corrected chi connectivity index (χ4v) is 1.59. The number of ether oxygens (including phenoxy) is 2. The summed E-state index contributed by atoms with van der Waals surface area (Å²) in [5.74, 6) is 0. The van der Waals surface area contributed by atoms with Gasteiger partial charge in [0, 0.05) is 15.5 Å². The number of halogens is 1. The monoisotopic (exact) mass is 239 g/mol. The Labute approximate surface area is 97.5 Å². The van der Waals surface area contributed by atoms with E-state index < -0.39 is 6.29 Å². The van der Waals surface area contributed by atoms with Crippen LogP contribution in [-0.4, -0.2) is 19.3 Å². The summed E-state index contributed by atoms with van der Waals surface area (Å²) in [6.45, 7) is 0.729. The Morgan fingerprint density at radius 1 is 1.44 bits per heavy atom. The molecule has 0 saturated carbocycles. The summed E-state index contributed by atoms with van der Waals surface area (Å²) in [6.07, 6.45) is -0.562. The van der Waals surface area contributed by atoms with E-state index in [4.69, 9.17) is 26.6 Å². The van der Waals surface area contributed by atoms with E-state index in [1.165, 1.54) is 0 Å². The summed E-state index contributed by atoms with van der Waals surface area (Å²) in [6, 6.07) is 7.26. The molecule has 0 radical (unpaired) electrons. The lowest BCUT2D eigenvalue weighted by Crippen LogP contribution is -2.13. The van der Waals surface area contributed by atoms with E-state index >= 15 is 0 Å². The van der Waals surface area contributed by atoms with Crippen LogP contribution in [-0.2, 0) is 9.47 Å². The molecule has 1 aliphatic rings. The number of benzene rings is 1. The molecule has 1 aromatic rings. The van der Waals surface area contributed by atoms with Gasteiger partial charge in [0.05, 0.1) is 19.3 Å². The highest BCUT2D eigenvalue weighted by Crippen LogP contribution is 2.27. The Morgan fingerprint density at radius 3 is 2.88 bits per heavy atom. The zero-order chi connectivity index (χ0) is 11.4. The Balaban J connectivity index is 1.97. The highest BCUT2D eigenvalue weighted by molar-refractivity contribution is 6.30. The van der Waals surface area contributed by atoms with Crippen molar-refractivity contribution in [3.8, 4) is 0 Å². The minimum absolute atomic E-state index is 0.170. The lowest BCUT2D eigenvalue weighted by atomic mass is 10.2. The highest BCUT2D eigenvalue weighted by Gasteiger charge is 2.26. The van der Waals surface area contributed by atoms with Gasteiger partial charge < -0.3 is 9.47 Å². The molecule has 1 aromatic carbocycles. The SMILES string of the molecule is [N-]=[N+]=NCC1COC(c2ccc(Cl)cc2)O1. The summed E-state index contributed by atoms with van der Waals surface area (Å²) in [5, 5.41) is 4.12. The second kappa shape index (κ2) is 5.18. The van der Waals surface area contributed by atoms with E-state index in [0.29, 0.717) is 18.2 Å². The molecule has 5 nitrogen and oxygen atoms in total. The third-order valence-electron chi connectivity index (χ3n) is 2.24. The molecular weight excluding hydrogens is 230 g/mol. The van der Waals surface area contributed by atoms with Crippen molar-refractivity contribution in [1.82, 2.24) is 0 Å². The number of hydrogen-bond acceptors (Lipinski definition) is 3. The lowest BCUT2D eigenvalue weighted by molar-refractivity contribution is -0.0585. The first-order chi connectivity index (χ1) is 7.79. The van der Waals surface area contributed by atoms with Crippen LogP contribution in [0.3, 0.4) is 0 Å². The molecule has 0 aromatic heterocycles. The smallest absolute Gasteiger partial charge is 0.184 e. The molecule has 16 heavy (non-hydrogen) atoms. The van der Waals surface area contributed by atoms with Crippen molar-refractivity contribution >= 4 is 11.6 Å². The number of hydrogen-bond donors (Lipinski definition) is 0. The van der Waals surface area contributed by atoms with Gasteiger partial charge in [0.1, 0.15) is 0 Å². The van der Waals surface area contributed by atoms with Crippen LogP contribution in [0, 0.1) is 0 Å². The van der Waals surface area contributed by atoms with Crippen LogP contribution in [0.1, 0.15) is 11.9 Å². The third-order valence-corrected chi connectivity index (χ3v) is 2.49. The molecule has 0 N–H and O–H groups in total. The fraction of sp³-hybridized carbons (Fsp3) is 0.400. The van der Waals surface area contributed by atoms with Gasteiger partial charge in [-0.3, -0.25) is 0 Å². The predicted molar refractivity (Wildman–Crippen MR) is 59.0 cm³/mol. The lowest BCUT2D eigenvalue weighted by Gasteiger charge is -2.10. The summed E-state index contributed by atoms with van der Waals surface area (Å²) < 4.78 is 11.0. The van der Waals surface area contributed by atoms with E-state index in [2.05, 4.69) is 10.0 Å². The molecule has 1 heterocycles. The van der Waals surface area contributed by atoms with Crippen LogP contribution in [0.15, 0.2) is 29.4 Å². The topological polar surface area (TPSA) is 67.2 Å². The predicted octanol–water partition coefficient (Wildman–Crippen LogP) is 3.06. The van der Waals surface area contributed by atoms with Crippen molar-refractivity contribution in [3.63, 3.8) is 0 Å². The first-order valence-corrected chi connectivity index (χ1v) is 5.21. The second-order valence-corrected chi connectivity index (χ2v) is 3.82. The highest BCUT2D eigenvalue weighted by atomic mass is 35.5. The third kappa shape index (κ3) is 2.65. The molecule has 0 aliphatic carbocycles. The van der Waals surface area contributed by atoms with Crippen LogP contribution in [0.4, 0.5) is 0 Å². The van der Waals surface area contributed by atoms with Crippen LogP contribution in [0.25, 0.3) is 10.4 Å². The van der Waals surface area contributed by atoms with Gasteiger partial charge in [-0.05, 0) is 17.7 Å². The molecule has 0 amide bonds. The van der Waals surface area contributed by atoms with Gasteiger partial charge in [-0.1, -0.05) is 28.8 Å². The minimum Gasteiger partial charge on any atom is -0.346 e. The van der Waals surface area contributed by atoms with Crippen LogP contribution in [0.2, 0.25) is 5.02 Å². The summed E-state index contributed by atoms with van der Waals surface area (Å²) in [5.41, 5.74) is 9.10. The molecule has 1 fully saturated rings. The van der Waals surface area contributed by atoms with Gasteiger partial charge in [0.25, 0.3) is 0 Å². The van der Waals surface area contributed by atoms with Gasteiger partial charge in [0.15, 0.2) is 6.29 Å². The van der Waals surface area contributed by atoms with Crippen LogP contribution < -0.4 is 0 Å². The molecule has 0 bridgehead atoms. The van der Waals surface area contributed by atoms with E-state index in [1.807, 2.05) is 12.1 Å². The van der Waals surface area contributed by atoms with E-state index in [-0.39, 0.29) is 6.10 Å². The van der Waals surface area contributed by atoms with Crippen molar-refractivity contribution in [2.24, 2.45) is 5.11 Å². The van der Waals surface area contributed by atoms with Gasteiger partial charge in [-0.15, -0.1) is 0 Å². The van der Waals surface area contributed by atoms with E-state index in [9.17, 15) is 0 Å². The molecule has 2 rings (SSSR count). The summed E-state index contributed by atoms with van der Waals surface area (Å²) >= 11 is 5.78. The molecule has 1 saturated heterocycles. The zero-order valence-electron chi connectivity index (χ0n) is 8.41. The van der Waals surface area contributed by atoms with Crippen LogP contribution in [0.5, 0.6) is 0 Å². The largest absolute Gasteiger partial charge is 0.346 e.